The molecule has 1 amide bonds. The monoisotopic (exact) mass is 314 g/mol. The van der Waals surface area contributed by atoms with Gasteiger partial charge in [-0.25, -0.2) is 0 Å². The van der Waals surface area contributed by atoms with Gasteiger partial charge in [0.2, 0.25) is 5.91 Å². The molecule has 3 unspecified atom stereocenters. The van der Waals surface area contributed by atoms with Crippen LogP contribution in [0.25, 0.3) is 0 Å². The molecule has 1 fully saturated rings. The second kappa shape index (κ2) is 6.80. The number of β-amino-alcohol motifs (C(OH)–C–C–N with tert-alkyl or cyclic N) is 1. The highest BCUT2D eigenvalue weighted by Crippen LogP contribution is 2.39. The van der Waals surface area contributed by atoms with Crippen molar-refractivity contribution in [3.05, 3.63) is 29.8 Å². The average Bonchev–Trinajstić information content (AvgIpc) is 3.02. The van der Waals surface area contributed by atoms with Crippen LogP contribution in [0.15, 0.2) is 29.2 Å². The van der Waals surface area contributed by atoms with Gasteiger partial charge < -0.3 is 15.7 Å². The van der Waals surface area contributed by atoms with Gasteiger partial charge in [-0.15, -0.1) is 24.2 Å². The molecule has 2 aliphatic rings. The van der Waals surface area contributed by atoms with Gasteiger partial charge in [0.15, 0.2) is 0 Å². The van der Waals surface area contributed by atoms with E-state index in [2.05, 4.69) is 16.7 Å². The maximum absolute atomic E-state index is 12.2. The van der Waals surface area contributed by atoms with Gasteiger partial charge in [-0.05, 0) is 11.6 Å². The molecule has 3 atom stereocenters. The van der Waals surface area contributed by atoms with Crippen LogP contribution < -0.4 is 10.6 Å². The lowest BCUT2D eigenvalue weighted by molar-refractivity contribution is -0.122. The Morgan fingerprint density at radius 1 is 1.40 bits per heavy atom. The first kappa shape index (κ1) is 15.6. The van der Waals surface area contributed by atoms with Crippen molar-refractivity contribution in [3.8, 4) is 0 Å². The lowest BCUT2D eigenvalue weighted by atomic mass is 10.00. The van der Waals surface area contributed by atoms with Crippen LogP contribution in [0, 0.1) is 5.92 Å². The topological polar surface area (TPSA) is 61.4 Å². The number of amides is 1. The van der Waals surface area contributed by atoms with E-state index < -0.39 is 0 Å². The summed E-state index contributed by atoms with van der Waals surface area (Å²) < 4.78 is 0. The molecule has 1 aromatic carbocycles. The van der Waals surface area contributed by atoms with Crippen molar-refractivity contribution in [2.75, 3.05) is 25.4 Å². The number of hydrogen-bond donors (Lipinski definition) is 3. The van der Waals surface area contributed by atoms with E-state index >= 15 is 0 Å². The van der Waals surface area contributed by atoms with Crippen LogP contribution in [0.3, 0.4) is 0 Å². The number of thioether (sulfide) groups is 1. The molecule has 3 rings (SSSR count). The maximum Gasteiger partial charge on any atom is 0.228 e. The molecule has 0 saturated carbocycles. The normalized spacial score (nSPS) is 27.8. The first-order chi connectivity index (χ1) is 9.25. The highest BCUT2D eigenvalue weighted by Gasteiger charge is 2.30. The Balaban J connectivity index is 0.00000147. The van der Waals surface area contributed by atoms with E-state index in [1.807, 2.05) is 18.2 Å². The predicted octanol–water partition coefficient (Wildman–Crippen LogP) is 0.994. The minimum Gasteiger partial charge on any atom is -0.391 e. The van der Waals surface area contributed by atoms with Crippen LogP contribution >= 0.6 is 24.2 Å². The summed E-state index contributed by atoms with van der Waals surface area (Å²) in [7, 11) is 0. The van der Waals surface area contributed by atoms with E-state index in [4.69, 9.17) is 0 Å². The van der Waals surface area contributed by atoms with Crippen molar-refractivity contribution in [1.82, 2.24) is 10.6 Å². The van der Waals surface area contributed by atoms with Gasteiger partial charge in [0.25, 0.3) is 0 Å². The highest BCUT2D eigenvalue weighted by molar-refractivity contribution is 7.99. The van der Waals surface area contributed by atoms with Crippen molar-refractivity contribution < 1.29 is 9.90 Å². The number of fused-ring (bicyclic) bond motifs is 1. The average molecular weight is 315 g/mol. The number of rotatable bonds is 3. The molecule has 1 aromatic rings. The molecule has 110 valence electrons. The molecule has 0 aromatic heterocycles. The van der Waals surface area contributed by atoms with Gasteiger partial charge in [-0.2, -0.15) is 0 Å². The van der Waals surface area contributed by atoms with E-state index in [0.717, 1.165) is 17.9 Å². The van der Waals surface area contributed by atoms with Gasteiger partial charge in [-0.1, -0.05) is 18.2 Å². The fourth-order valence-electron chi connectivity index (χ4n) is 2.66. The van der Waals surface area contributed by atoms with E-state index in [-0.39, 0.29) is 36.3 Å². The van der Waals surface area contributed by atoms with Crippen molar-refractivity contribution in [3.63, 3.8) is 0 Å². The Morgan fingerprint density at radius 3 is 2.95 bits per heavy atom. The van der Waals surface area contributed by atoms with Crippen molar-refractivity contribution in [2.24, 2.45) is 5.92 Å². The van der Waals surface area contributed by atoms with Crippen LogP contribution in [0.4, 0.5) is 0 Å². The molecule has 0 radical (unpaired) electrons. The Kier molecular flexibility index (Phi) is 5.32. The fraction of sp³-hybridized carbons (Fsp3) is 0.500. The summed E-state index contributed by atoms with van der Waals surface area (Å²) in [5, 5.41) is 15.8. The number of carbonyl (C=O) groups excluding carboxylic acids is 1. The van der Waals surface area contributed by atoms with Crippen molar-refractivity contribution >= 4 is 30.1 Å². The van der Waals surface area contributed by atoms with Gasteiger partial charge in [0.1, 0.15) is 0 Å². The second-order valence-electron chi connectivity index (χ2n) is 5.13. The molecular weight excluding hydrogens is 296 g/mol. The molecule has 2 heterocycles. The third-order valence-corrected chi connectivity index (χ3v) is 5.04. The fourth-order valence-corrected chi connectivity index (χ4v) is 3.89. The van der Waals surface area contributed by atoms with Crippen LogP contribution in [0.1, 0.15) is 11.5 Å². The summed E-state index contributed by atoms with van der Waals surface area (Å²) in [6.45, 7) is 1.95. The third-order valence-electron chi connectivity index (χ3n) is 3.86. The van der Waals surface area contributed by atoms with E-state index in [0.29, 0.717) is 13.1 Å². The molecular formula is C14H19ClN2O2S. The number of nitrogens with one attached hydrogen (secondary N) is 2. The van der Waals surface area contributed by atoms with Gasteiger partial charge in [-0.3, -0.25) is 4.79 Å². The Hall–Kier alpha value is -0.750. The van der Waals surface area contributed by atoms with E-state index in [1.54, 1.807) is 11.8 Å². The second-order valence-corrected chi connectivity index (χ2v) is 6.19. The summed E-state index contributed by atoms with van der Waals surface area (Å²) in [5.74, 6) is 0.980. The van der Waals surface area contributed by atoms with Crippen molar-refractivity contribution in [2.45, 2.75) is 16.9 Å². The zero-order chi connectivity index (χ0) is 13.2. The number of carbonyl (C=O) groups is 1. The predicted molar refractivity (Wildman–Crippen MR) is 82.5 cm³/mol. The number of aliphatic hydroxyl groups excluding tert-OH is 1. The molecule has 1 saturated heterocycles. The molecule has 0 bridgehead atoms. The molecule has 4 nitrogen and oxygen atoms in total. The van der Waals surface area contributed by atoms with E-state index in [9.17, 15) is 9.90 Å². The van der Waals surface area contributed by atoms with Gasteiger partial charge in [0.05, 0.1) is 12.0 Å². The Bertz CT molecular complexity index is 486. The minimum absolute atomic E-state index is 0. The smallest absolute Gasteiger partial charge is 0.228 e. The Morgan fingerprint density at radius 2 is 2.20 bits per heavy atom. The van der Waals surface area contributed by atoms with Crippen LogP contribution in [-0.4, -0.2) is 42.5 Å². The zero-order valence-electron chi connectivity index (χ0n) is 11.0. The number of hydrogen-bond acceptors (Lipinski definition) is 4. The zero-order valence-corrected chi connectivity index (χ0v) is 12.7. The van der Waals surface area contributed by atoms with Crippen LogP contribution in [-0.2, 0) is 4.79 Å². The molecule has 3 N–H and O–H groups in total. The van der Waals surface area contributed by atoms with Crippen molar-refractivity contribution in [1.29, 1.82) is 0 Å². The third kappa shape index (κ3) is 3.11. The first-order valence-electron chi connectivity index (χ1n) is 6.64. The van der Waals surface area contributed by atoms with Crippen LogP contribution in [0.2, 0.25) is 0 Å². The lowest BCUT2D eigenvalue weighted by Gasteiger charge is -2.16. The number of halogens is 1. The Labute approximate surface area is 129 Å². The lowest BCUT2D eigenvalue weighted by Crippen LogP contribution is -2.37. The number of aliphatic hydroxyl groups is 1. The molecule has 2 aliphatic heterocycles. The SMILES string of the molecule is Cl.O=C(NCC1CNCC1O)C1CSc2ccccc21. The largest absolute Gasteiger partial charge is 0.391 e. The maximum atomic E-state index is 12.2. The number of benzene rings is 1. The minimum atomic E-state index is -0.342. The summed E-state index contributed by atoms with van der Waals surface area (Å²) >= 11 is 1.74. The van der Waals surface area contributed by atoms with Crippen LogP contribution in [0.5, 0.6) is 0 Å². The molecule has 20 heavy (non-hydrogen) atoms. The quantitative estimate of drug-likeness (QED) is 0.779. The highest BCUT2D eigenvalue weighted by atomic mass is 35.5. The summed E-state index contributed by atoms with van der Waals surface area (Å²) in [6, 6.07) is 8.09. The summed E-state index contributed by atoms with van der Waals surface area (Å²) in [4.78, 5) is 13.5. The summed E-state index contributed by atoms with van der Waals surface area (Å²) in [5.41, 5.74) is 1.13. The molecule has 0 aliphatic carbocycles. The molecule has 0 spiro atoms. The van der Waals surface area contributed by atoms with Gasteiger partial charge >= 0.3 is 0 Å². The molecule has 6 heteroatoms. The summed E-state index contributed by atoms with van der Waals surface area (Å²) in [6.07, 6.45) is -0.342. The van der Waals surface area contributed by atoms with Gasteiger partial charge in [0, 0.05) is 36.2 Å². The first-order valence-corrected chi connectivity index (χ1v) is 7.62. The standard InChI is InChI=1S/C14H18N2O2S.ClH/c17-12-7-15-5-9(12)6-16-14(18)11-8-19-13-4-2-1-3-10(11)13;/h1-4,9,11-12,15,17H,5-8H2,(H,16,18);1H. The van der Waals surface area contributed by atoms with E-state index in [1.165, 1.54) is 4.90 Å².